The normalized spacial score (nSPS) is 12.0. The van der Waals surface area contributed by atoms with E-state index in [0.29, 0.717) is 19.3 Å². The molecule has 66 heavy (non-hydrogen) atoms. The molecule has 390 valence electrons. The second-order valence-electron chi connectivity index (χ2n) is 20.3. The summed E-state index contributed by atoms with van der Waals surface area (Å²) < 4.78 is 16.8. The van der Waals surface area contributed by atoms with E-state index >= 15 is 0 Å². The highest BCUT2D eigenvalue weighted by Gasteiger charge is 2.19. The van der Waals surface area contributed by atoms with Crippen LogP contribution in [0.25, 0.3) is 0 Å². The molecule has 0 N–H and O–H groups in total. The van der Waals surface area contributed by atoms with Crippen molar-refractivity contribution >= 4 is 17.9 Å². The Hall–Kier alpha value is -1.85. The number of ether oxygens (including phenoxy) is 3. The van der Waals surface area contributed by atoms with Crippen LogP contribution < -0.4 is 0 Å². The van der Waals surface area contributed by atoms with Crippen LogP contribution in [0.4, 0.5) is 0 Å². The average Bonchev–Trinajstić information content (AvgIpc) is 3.31. The lowest BCUT2D eigenvalue weighted by molar-refractivity contribution is -0.167. The van der Waals surface area contributed by atoms with Gasteiger partial charge in [0, 0.05) is 19.3 Å². The van der Waals surface area contributed by atoms with Gasteiger partial charge in [-0.1, -0.05) is 283 Å². The van der Waals surface area contributed by atoms with Crippen LogP contribution in [-0.4, -0.2) is 37.2 Å². The van der Waals surface area contributed by atoms with Gasteiger partial charge in [0.05, 0.1) is 0 Å². The van der Waals surface area contributed by atoms with Gasteiger partial charge < -0.3 is 14.2 Å². The Kier molecular flexibility index (Phi) is 54.2. The average molecular weight is 932 g/mol. The van der Waals surface area contributed by atoms with Crippen molar-refractivity contribution < 1.29 is 28.6 Å². The van der Waals surface area contributed by atoms with Crippen LogP contribution in [0, 0.1) is 0 Å². The van der Waals surface area contributed by atoms with Gasteiger partial charge >= 0.3 is 17.9 Å². The Morgan fingerprint density at radius 1 is 0.288 bits per heavy atom. The van der Waals surface area contributed by atoms with Crippen molar-refractivity contribution in [2.45, 2.75) is 341 Å². The molecule has 0 aliphatic rings. The van der Waals surface area contributed by atoms with Gasteiger partial charge in [0.1, 0.15) is 13.2 Å². The molecule has 0 spiro atoms. The lowest BCUT2D eigenvalue weighted by Crippen LogP contribution is -2.30. The summed E-state index contributed by atoms with van der Waals surface area (Å²) >= 11 is 0. The maximum Gasteiger partial charge on any atom is 0.306 e. The largest absolute Gasteiger partial charge is 0.462 e. The second kappa shape index (κ2) is 55.7. The third-order valence-corrected chi connectivity index (χ3v) is 13.5. The molecule has 1 atom stereocenters. The zero-order valence-electron chi connectivity index (χ0n) is 44.7. The Bertz CT molecular complexity index is 1020. The van der Waals surface area contributed by atoms with Crippen molar-refractivity contribution in [2.24, 2.45) is 0 Å². The summed E-state index contributed by atoms with van der Waals surface area (Å²) in [5.74, 6) is -0.852. The predicted octanol–water partition coefficient (Wildman–Crippen LogP) is 19.7. The molecular formula is C60H114O6. The van der Waals surface area contributed by atoms with E-state index in [9.17, 15) is 14.4 Å². The van der Waals surface area contributed by atoms with Crippen LogP contribution in [0.3, 0.4) is 0 Å². The summed E-state index contributed by atoms with van der Waals surface area (Å²) in [5.41, 5.74) is 0. The highest BCUT2D eigenvalue weighted by molar-refractivity contribution is 5.71. The van der Waals surface area contributed by atoms with Crippen molar-refractivity contribution in [2.75, 3.05) is 13.2 Å². The molecule has 0 amide bonds. The summed E-state index contributed by atoms with van der Waals surface area (Å²) in [6.07, 6.45) is 63.7. The Morgan fingerprint density at radius 2 is 0.500 bits per heavy atom. The minimum absolute atomic E-state index is 0.0662. The van der Waals surface area contributed by atoms with Gasteiger partial charge in [0.15, 0.2) is 6.10 Å². The fourth-order valence-corrected chi connectivity index (χ4v) is 9.03. The Labute approximate surface area is 411 Å². The van der Waals surface area contributed by atoms with Crippen molar-refractivity contribution in [1.29, 1.82) is 0 Å². The van der Waals surface area contributed by atoms with Crippen LogP contribution in [0.5, 0.6) is 0 Å². The summed E-state index contributed by atoms with van der Waals surface area (Å²) in [4.78, 5) is 38.0. The number of hydrogen-bond acceptors (Lipinski definition) is 6. The zero-order chi connectivity index (χ0) is 47.9. The molecular weight excluding hydrogens is 817 g/mol. The minimum Gasteiger partial charge on any atom is -0.462 e. The lowest BCUT2D eigenvalue weighted by Gasteiger charge is -2.18. The fourth-order valence-electron chi connectivity index (χ4n) is 9.03. The molecule has 0 aromatic heterocycles. The van der Waals surface area contributed by atoms with E-state index in [1.807, 2.05) is 0 Å². The number of rotatable bonds is 55. The second-order valence-corrected chi connectivity index (χ2v) is 20.3. The molecule has 0 saturated carbocycles. The lowest BCUT2D eigenvalue weighted by atomic mass is 10.0. The van der Waals surface area contributed by atoms with Crippen LogP contribution >= 0.6 is 0 Å². The van der Waals surface area contributed by atoms with Crippen molar-refractivity contribution in [3.63, 3.8) is 0 Å². The first kappa shape index (κ1) is 64.2. The third-order valence-electron chi connectivity index (χ3n) is 13.5. The quantitative estimate of drug-likeness (QED) is 0.0262. The maximum atomic E-state index is 12.8. The predicted molar refractivity (Wildman–Crippen MR) is 284 cm³/mol. The minimum atomic E-state index is -0.766. The van der Waals surface area contributed by atoms with Crippen molar-refractivity contribution in [3.05, 3.63) is 12.2 Å². The van der Waals surface area contributed by atoms with Gasteiger partial charge in [0.2, 0.25) is 0 Å². The number of carbonyl (C=O) groups is 3. The summed E-state index contributed by atoms with van der Waals surface area (Å²) in [7, 11) is 0. The van der Waals surface area contributed by atoms with E-state index < -0.39 is 6.10 Å². The van der Waals surface area contributed by atoms with Crippen LogP contribution in [0.1, 0.15) is 335 Å². The SMILES string of the molecule is CCCCCCCCC/C=C\CCCCCCCCCC(=O)OC(COC(=O)CCCCCCCCCC)COC(=O)CCCCCCCCCCCCCCCCCCCCCCCC. The van der Waals surface area contributed by atoms with E-state index in [2.05, 4.69) is 32.9 Å². The summed E-state index contributed by atoms with van der Waals surface area (Å²) in [5, 5.41) is 0. The summed E-state index contributed by atoms with van der Waals surface area (Å²) in [6.45, 7) is 6.66. The highest BCUT2D eigenvalue weighted by atomic mass is 16.6. The molecule has 0 aliphatic carbocycles. The standard InChI is InChI=1S/C60H114O6/c1-4-7-10-13-16-19-21-23-25-27-29-30-31-32-34-35-37-39-41-44-47-50-53-59(62)65-56-57(55-64-58(61)52-49-46-43-18-15-12-9-6-3)66-60(63)54-51-48-45-42-40-38-36-33-28-26-24-22-20-17-14-11-8-5-2/h26,28,57H,4-25,27,29-56H2,1-3H3/b28-26-. The molecule has 0 aromatic carbocycles. The first-order valence-electron chi connectivity index (χ1n) is 29.7. The number of unbranched alkanes of at least 4 members (excludes halogenated alkanes) is 42. The first-order chi connectivity index (χ1) is 32.5. The molecule has 0 saturated heterocycles. The van der Waals surface area contributed by atoms with Gasteiger partial charge in [0.25, 0.3) is 0 Å². The van der Waals surface area contributed by atoms with Gasteiger partial charge in [-0.2, -0.15) is 0 Å². The third kappa shape index (κ3) is 53.1. The monoisotopic (exact) mass is 931 g/mol. The van der Waals surface area contributed by atoms with Crippen LogP contribution in [-0.2, 0) is 28.6 Å². The van der Waals surface area contributed by atoms with Crippen LogP contribution in [0.2, 0.25) is 0 Å². The molecule has 0 bridgehead atoms. The van der Waals surface area contributed by atoms with Gasteiger partial charge in [-0.05, 0) is 44.9 Å². The zero-order valence-corrected chi connectivity index (χ0v) is 44.7. The smallest absolute Gasteiger partial charge is 0.306 e. The maximum absolute atomic E-state index is 12.8. The molecule has 0 aliphatic heterocycles. The van der Waals surface area contributed by atoms with Crippen molar-refractivity contribution in [3.8, 4) is 0 Å². The number of esters is 3. The summed E-state index contributed by atoms with van der Waals surface area (Å²) in [6, 6.07) is 0. The van der Waals surface area contributed by atoms with Crippen LogP contribution in [0.15, 0.2) is 12.2 Å². The van der Waals surface area contributed by atoms with Crippen molar-refractivity contribution in [1.82, 2.24) is 0 Å². The van der Waals surface area contributed by atoms with Gasteiger partial charge in [-0.3, -0.25) is 14.4 Å². The molecule has 0 radical (unpaired) electrons. The Morgan fingerprint density at radius 3 is 0.758 bits per heavy atom. The molecule has 0 fully saturated rings. The topological polar surface area (TPSA) is 78.9 Å². The van der Waals surface area contributed by atoms with E-state index in [4.69, 9.17) is 14.2 Å². The van der Waals surface area contributed by atoms with Gasteiger partial charge in [-0.25, -0.2) is 0 Å². The molecule has 0 heterocycles. The Balaban J connectivity index is 4.15. The van der Waals surface area contributed by atoms with Gasteiger partial charge in [-0.15, -0.1) is 0 Å². The molecule has 6 nitrogen and oxygen atoms in total. The molecule has 1 unspecified atom stereocenters. The number of carbonyl (C=O) groups excluding carboxylic acids is 3. The number of allylic oxidation sites excluding steroid dienone is 2. The molecule has 0 rings (SSSR count). The van der Waals surface area contributed by atoms with E-state index in [1.54, 1.807) is 0 Å². The highest BCUT2D eigenvalue weighted by Crippen LogP contribution is 2.17. The van der Waals surface area contributed by atoms with E-state index in [-0.39, 0.29) is 31.1 Å². The first-order valence-corrected chi connectivity index (χ1v) is 29.7. The molecule has 6 heteroatoms. The molecule has 0 aromatic rings. The van der Waals surface area contributed by atoms with E-state index in [1.165, 1.54) is 238 Å². The number of hydrogen-bond donors (Lipinski definition) is 0. The fraction of sp³-hybridized carbons (Fsp3) is 0.917. The van der Waals surface area contributed by atoms with E-state index in [0.717, 1.165) is 57.8 Å².